The number of carbonyl (C=O) groups excluding carboxylic acids is 1. The van der Waals surface area contributed by atoms with Crippen molar-refractivity contribution in [1.82, 2.24) is 16.2 Å². The van der Waals surface area contributed by atoms with Crippen LogP contribution < -0.4 is 20.9 Å². The van der Waals surface area contributed by atoms with Gasteiger partial charge in [-0.2, -0.15) is 0 Å². The molecule has 0 atom stereocenters. The van der Waals surface area contributed by atoms with E-state index < -0.39 is 0 Å². The first-order valence-corrected chi connectivity index (χ1v) is 7.60. The van der Waals surface area contributed by atoms with Crippen molar-refractivity contribution in [2.45, 2.75) is 13.5 Å². The molecule has 0 aliphatic rings. The number of thiocarbonyl (C=S) groups is 1. The zero-order valence-corrected chi connectivity index (χ0v) is 13.7. The summed E-state index contributed by atoms with van der Waals surface area (Å²) in [5.74, 6) is 0.347. The maximum atomic E-state index is 11.7. The molecule has 0 fully saturated rings. The lowest BCUT2D eigenvalue weighted by atomic mass is 10.2. The van der Waals surface area contributed by atoms with Crippen molar-refractivity contribution < 1.29 is 9.53 Å². The second kappa shape index (κ2) is 8.75. The molecule has 0 heterocycles. The van der Waals surface area contributed by atoms with Gasteiger partial charge >= 0.3 is 0 Å². The van der Waals surface area contributed by atoms with Gasteiger partial charge in [0.05, 0.1) is 0 Å². The van der Waals surface area contributed by atoms with Crippen LogP contribution in [0, 0.1) is 6.92 Å². The summed E-state index contributed by atoms with van der Waals surface area (Å²) in [6, 6.07) is 17.4. The molecule has 6 heteroatoms. The van der Waals surface area contributed by atoms with E-state index in [9.17, 15) is 4.79 Å². The molecule has 0 aromatic heterocycles. The number of aryl methyl sites for hydroxylation is 1. The van der Waals surface area contributed by atoms with Crippen LogP contribution in [0.15, 0.2) is 54.6 Å². The van der Waals surface area contributed by atoms with Crippen molar-refractivity contribution in [2.24, 2.45) is 0 Å². The van der Waals surface area contributed by atoms with E-state index in [1.54, 1.807) is 6.07 Å². The summed E-state index contributed by atoms with van der Waals surface area (Å²) in [6.07, 6.45) is 0. The van der Waals surface area contributed by atoms with E-state index in [1.165, 1.54) is 0 Å². The van der Waals surface area contributed by atoms with Gasteiger partial charge in [0.1, 0.15) is 5.75 Å². The van der Waals surface area contributed by atoms with E-state index in [2.05, 4.69) is 16.2 Å². The van der Waals surface area contributed by atoms with Crippen LogP contribution in [-0.2, 0) is 11.3 Å². The van der Waals surface area contributed by atoms with Gasteiger partial charge in [-0.15, -0.1) is 0 Å². The fourth-order valence-corrected chi connectivity index (χ4v) is 1.96. The van der Waals surface area contributed by atoms with Gasteiger partial charge in [0.25, 0.3) is 5.91 Å². The first kappa shape index (κ1) is 16.8. The Morgan fingerprint density at radius 2 is 1.87 bits per heavy atom. The summed E-state index contributed by atoms with van der Waals surface area (Å²) in [6.45, 7) is 2.46. The van der Waals surface area contributed by atoms with Crippen molar-refractivity contribution in [3.05, 3.63) is 65.7 Å². The summed E-state index contributed by atoms with van der Waals surface area (Å²) in [7, 11) is 0. The molecular weight excluding hydrogens is 310 g/mol. The minimum absolute atomic E-state index is 0.0856. The van der Waals surface area contributed by atoms with Crippen LogP contribution in [0.4, 0.5) is 0 Å². The highest BCUT2D eigenvalue weighted by Gasteiger charge is 2.03. The molecule has 0 unspecified atom stereocenters. The molecule has 1 amide bonds. The highest BCUT2D eigenvalue weighted by Crippen LogP contribution is 2.11. The van der Waals surface area contributed by atoms with Gasteiger partial charge in [-0.25, -0.2) is 0 Å². The third-order valence-corrected chi connectivity index (χ3v) is 3.22. The van der Waals surface area contributed by atoms with Crippen LogP contribution in [0.1, 0.15) is 11.1 Å². The fraction of sp³-hybridized carbons (Fsp3) is 0.176. The summed E-state index contributed by atoms with van der Waals surface area (Å²) in [5.41, 5.74) is 7.31. The van der Waals surface area contributed by atoms with Crippen LogP contribution >= 0.6 is 12.2 Å². The van der Waals surface area contributed by atoms with Crippen LogP contribution in [0.5, 0.6) is 5.75 Å². The smallest absolute Gasteiger partial charge is 0.276 e. The van der Waals surface area contributed by atoms with Crippen molar-refractivity contribution in [2.75, 3.05) is 6.61 Å². The lowest BCUT2D eigenvalue weighted by molar-refractivity contribution is -0.123. The van der Waals surface area contributed by atoms with Gasteiger partial charge in [0.2, 0.25) is 0 Å². The zero-order valence-electron chi connectivity index (χ0n) is 12.8. The summed E-state index contributed by atoms with van der Waals surface area (Å²) in [4.78, 5) is 11.7. The van der Waals surface area contributed by atoms with E-state index in [1.807, 2.05) is 55.5 Å². The average Bonchev–Trinajstić information content (AvgIpc) is 2.57. The number of rotatable bonds is 5. The molecule has 2 rings (SSSR count). The molecule has 120 valence electrons. The van der Waals surface area contributed by atoms with Crippen molar-refractivity contribution >= 4 is 23.2 Å². The normalized spacial score (nSPS) is 9.78. The largest absolute Gasteiger partial charge is 0.484 e. The Kier molecular flexibility index (Phi) is 6.38. The van der Waals surface area contributed by atoms with Gasteiger partial charge in [0, 0.05) is 6.54 Å². The Morgan fingerprint density at radius 3 is 2.61 bits per heavy atom. The number of hydrogen-bond acceptors (Lipinski definition) is 3. The predicted octanol–water partition coefficient (Wildman–Crippen LogP) is 2.07. The Labute approximate surface area is 141 Å². The standard InChI is InChI=1S/C17H19N3O2S/c1-13-6-5-9-15(10-13)22-12-16(21)19-20-17(23)18-11-14-7-3-2-4-8-14/h2-10H,11-12H2,1H3,(H,19,21)(H2,18,20,23). The molecule has 5 nitrogen and oxygen atoms in total. The second-order valence-corrected chi connectivity index (χ2v) is 5.35. The molecule has 0 saturated heterocycles. The number of nitrogens with one attached hydrogen (secondary N) is 3. The van der Waals surface area contributed by atoms with Crippen molar-refractivity contribution in [3.8, 4) is 5.75 Å². The molecule has 2 aromatic rings. The molecule has 23 heavy (non-hydrogen) atoms. The Balaban J connectivity index is 1.64. The molecular formula is C17H19N3O2S. The van der Waals surface area contributed by atoms with Gasteiger partial charge in [-0.1, -0.05) is 42.5 Å². The van der Waals surface area contributed by atoms with E-state index in [4.69, 9.17) is 17.0 Å². The summed E-state index contributed by atoms with van der Waals surface area (Å²) in [5, 5.41) is 3.35. The highest BCUT2D eigenvalue weighted by molar-refractivity contribution is 7.80. The van der Waals surface area contributed by atoms with Crippen LogP contribution in [0.2, 0.25) is 0 Å². The average molecular weight is 329 g/mol. The van der Waals surface area contributed by atoms with Crippen LogP contribution in [0.25, 0.3) is 0 Å². The molecule has 3 N–H and O–H groups in total. The third-order valence-electron chi connectivity index (χ3n) is 2.97. The number of ether oxygens (including phenoxy) is 1. The van der Waals surface area contributed by atoms with Crippen molar-refractivity contribution in [1.29, 1.82) is 0 Å². The number of benzene rings is 2. The second-order valence-electron chi connectivity index (χ2n) is 4.95. The van der Waals surface area contributed by atoms with E-state index in [0.29, 0.717) is 17.4 Å². The summed E-state index contributed by atoms with van der Waals surface area (Å²) >= 11 is 5.09. The minimum Gasteiger partial charge on any atom is -0.484 e. The van der Waals surface area contributed by atoms with Gasteiger partial charge < -0.3 is 10.1 Å². The van der Waals surface area contributed by atoms with E-state index in [-0.39, 0.29) is 12.5 Å². The maximum absolute atomic E-state index is 11.7. The SMILES string of the molecule is Cc1cccc(OCC(=O)NNC(=S)NCc2ccccc2)c1. The molecule has 0 aliphatic heterocycles. The number of amides is 1. The third kappa shape index (κ3) is 6.36. The lowest BCUT2D eigenvalue weighted by Gasteiger charge is -2.12. The Bertz CT molecular complexity index is 662. The fourth-order valence-electron chi connectivity index (χ4n) is 1.84. The maximum Gasteiger partial charge on any atom is 0.276 e. The Hall–Kier alpha value is -2.60. The molecule has 0 saturated carbocycles. The van der Waals surface area contributed by atoms with Crippen molar-refractivity contribution in [3.63, 3.8) is 0 Å². The Morgan fingerprint density at radius 1 is 1.09 bits per heavy atom. The van der Waals surface area contributed by atoms with Crippen LogP contribution in [-0.4, -0.2) is 17.6 Å². The predicted molar refractivity (Wildman–Crippen MR) is 93.8 cm³/mol. The molecule has 0 aliphatic carbocycles. The molecule has 0 spiro atoms. The minimum atomic E-state index is -0.310. The van der Waals surface area contributed by atoms with Gasteiger partial charge in [0.15, 0.2) is 11.7 Å². The number of hydrogen-bond donors (Lipinski definition) is 3. The quantitative estimate of drug-likeness (QED) is 0.579. The number of carbonyl (C=O) groups is 1. The van der Waals surface area contributed by atoms with Gasteiger partial charge in [-0.3, -0.25) is 15.6 Å². The first-order valence-electron chi connectivity index (χ1n) is 7.19. The lowest BCUT2D eigenvalue weighted by Crippen LogP contribution is -2.48. The topological polar surface area (TPSA) is 62.4 Å². The van der Waals surface area contributed by atoms with Gasteiger partial charge in [-0.05, 0) is 42.4 Å². The van der Waals surface area contributed by atoms with E-state index in [0.717, 1.165) is 11.1 Å². The highest BCUT2D eigenvalue weighted by atomic mass is 32.1. The first-order chi connectivity index (χ1) is 11.1. The number of hydrazine groups is 1. The summed E-state index contributed by atoms with van der Waals surface area (Å²) < 4.78 is 5.39. The molecule has 0 bridgehead atoms. The monoisotopic (exact) mass is 329 g/mol. The van der Waals surface area contributed by atoms with E-state index >= 15 is 0 Å². The van der Waals surface area contributed by atoms with Crippen LogP contribution in [0.3, 0.4) is 0 Å². The zero-order chi connectivity index (χ0) is 16.5. The molecule has 2 aromatic carbocycles. The molecule has 0 radical (unpaired) electrons.